The number of carbonyl (C=O) groups excluding carboxylic acids is 2. The third-order valence-electron chi connectivity index (χ3n) is 10.7. The Bertz CT molecular complexity index is 1010. The largest absolute Gasteiger partial charge is 0.480 e. The van der Waals surface area contributed by atoms with Crippen LogP contribution in [0, 0.1) is 34.5 Å². The Hall–Kier alpha value is -2.22. The fourth-order valence-electron chi connectivity index (χ4n) is 8.89. The molecule has 36 heavy (non-hydrogen) atoms. The predicted octanol–water partition coefficient (Wildman–Crippen LogP) is 3.57. The molecule has 4 aliphatic carbocycles. The van der Waals surface area contributed by atoms with Crippen LogP contribution in [0.15, 0.2) is 16.8 Å². The van der Waals surface area contributed by atoms with Crippen molar-refractivity contribution in [2.45, 2.75) is 90.7 Å². The molecule has 0 aromatic heterocycles. The summed E-state index contributed by atoms with van der Waals surface area (Å²) in [7, 11) is 0. The molecule has 0 spiro atoms. The quantitative estimate of drug-likeness (QED) is 0.558. The number of nitrogens with zero attached hydrogens (tertiary/aromatic N) is 2. The van der Waals surface area contributed by atoms with Gasteiger partial charge in [-0.05, 0) is 93.0 Å². The number of fused-ring (bicyclic) bond motifs is 5. The highest BCUT2D eigenvalue weighted by Crippen LogP contribution is 2.66. The van der Waals surface area contributed by atoms with Gasteiger partial charge in [0.1, 0.15) is 11.8 Å². The molecule has 3 saturated carbocycles. The van der Waals surface area contributed by atoms with Gasteiger partial charge in [0.05, 0.1) is 11.8 Å². The average Bonchev–Trinajstić information content (AvgIpc) is 3.39. The van der Waals surface area contributed by atoms with Crippen molar-refractivity contribution < 1.29 is 29.4 Å². The van der Waals surface area contributed by atoms with Crippen molar-refractivity contribution in [3.05, 3.63) is 11.6 Å². The minimum absolute atomic E-state index is 0.00783. The molecule has 2 N–H and O–H groups in total. The maximum absolute atomic E-state index is 12.5. The lowest BCUT2D eigenvalue weighted by atomic mass is 9.46. The van der Waals surface area contributed by atoms with Gasteiger partial charge in [-0.25, -0.2) is 4.79 Å². The van der Waals surface area contributed by atoms with Crippen LogP contribution in [-0.2, 0) is 19.2 Å². The zero-order valence-electron chi connectivity index (χ0n) is 21.7. The van der Waals surface area contributed by atoms with Crippen molar-refractivity contribution in [1.82, 2.24) is 4.90 Å². The standard InChI is InChI=1S/C28H40N2O6/c1-16(31)21-6-7-22-20-5-4-17-12-18(8-10-27(17,2)23(20)9-11-28(21,22)3)29-36-15-25(33)30-14-19(32)13-24(30)26(34)35/h12,19-24,32H,4-11,13-15H2,1-3H3,(H,34,35)/b29-18-/t19-,20+,21+,22-,23+,24-,27+,28-/m1/s1. The fourth-order valence-corrected chi connectivity index (χ4v) is 8.89. The van der Waals surface area contributed by atoms with Crippen LogP contribution in [0.3, 0.4) is 0 Å². The first kappa shape index (κ1) is 25.4. The van der Waals surface area contributed by atoms with E-state index in [1.54, 1.807) is 6.92 Å². The van der Waals surface area contributed by atoms with Gasteiger partial charge in [0.2, 0.25) is 0 Å². The van der Waals surface area contributed by atoms with Gasteiger partial charge in [-0.15, -0.1) is 0 Å². The maximum atomic E-state index is 12.5. The van der Waals surface area contributed by atoms with E-state index in [4.69, 9.17) is 4.84 Å². The number of amides is 1. The summed E-state index contributed by atoms with van der Waals surface area (Å²) >= 11 is 0. The second-order valence-corrected chi connectivity index (χ2v) is 12.4. The highest BCUT2D eigenvalue weighted by molar-refractivity contribution is 5.96. The number of carboxylic acids is 1. The number of rotatable bonds is 5. The van der Waals surface area contributed by atoms with Crippen molar-refractivity contribution >= 4 is 23.4 Å². The Morgan fingerprint density at radius 3 is 2.61 bits per heavy atom. The molecule has 8 atom stereocenters. The van der Waals surface area contributed by atoms with Crippen LogP contribution in [0.5, 0.6) is 0 Å². The number of aliphatic carboxylic acids is 1. The van der Waals surface area contributed by atoms with Crippen LogP contribution in [0.4, 0.5) is 0 Å². The molecule has 4 fully saturated rings. The van der Waals surface area contributed by atoms with E-state index in [-0.39, 0.29) is 36.3 Å². The van der Waals surface area contributed by atoms with E-state index in [9.17, 15) is 24.6 Å². The lowest BCUT2D eigenvalue weighted by Gasteiger charge is -2.58. The monoisotopic (exact) mass is 500 g/mol. The number of β-amino-alcohol motifs (C(OH)–C–C–N with tert-alkyl or cyclic N) is 1. The number of allylic oxidation sites excluding steroid dienone is 2. The van der Waals surface area contributed by atoms with Gasteiger partial charge in [0.15, 0.2) is 6.61 Å². The predicted molar refractivity (Wildman–Crippen MR) is 133 cm³/mol. The first-order valence-corrected chi connectivity index (χ1v) is 13.6. The minimum atomic E-state index is -1.12. The minimum Gasteiger partial charge on any atom is -0.480 e. The van der Waals surface area contributed by atoms with E-state index in [0.29, 0.717) is 23.5 Å². The van der Waals surface area contributed by atoms with E-state index < -0.39 is 24.0 Å². The summed E-state index contributed by atoms with van der Waals surface area (Å²) in [6, 6.07) is -1.01. The molecule has 1 aliphatic heterocycles. The van der Waals surface area contributed by atoms with Gasteiger partial charge < -0.3 is 20.0 Å². The van der Waals surface area contributed by atoms with Gasteiger partial charge >= 0.3 is 5.97 Å². The number of Topliss-reactive ketones (excluding diaryl/α,β-unsaturated/α-hetero) is 1. The molecule has 8 heteroatoms. The molecule has 8 nitrogen and oxygen atoms in total. The average molecular weight is 501 g/mol. The fraction of sp³-hybridized carbons (Fsp3) is 0.786. The van der Waals surface area contributed by atoms with Gasteiger partial charge in [-0.1, -0.05) is 24.6 Å². The van der Waals surface area contributed by atoms with Gasteiger partial charge in [-0.2, -0.15) is 0 Å². The second kappa shape index (κ2) is 9.26. The van der Waals surface area contributed by atoms with Crippen LogP contribution in [-0.4, -0.2) is 63.8 Å². The van der Waals surface area contributed by atoms with E-state index >= 15 is 0 Å². The highest BCUT2D eigenvalue weighted by atomic mass is 16.6. The first-order valence-electron chi connectivity index (χ1n) is 13.6. The van der Waals surface area contributed by atoms with Crippen LogP contribution < -0.4 is 0 Å². The van der Waals surface area contributed by atoms with Crippen molar-refractivity contribution in [3.8, 4) is 0 Å². The van der Waals surface area contributed by atoms with Gasteiger partial charge in [-0.3, -0.25) is 9.59 Å². The van der Waals surface area contributed by atoms with Crippen LogP contribution in [0.1, 0.15) is 78.6 Å². The van der Waals surface area contributed by atoms with E-state index in [1.807, 2.05) is 0 Å². The number of aliphatic hydroxyl groups excluding tert-OH is 1. The van der Waals surface area contributed by atoms with Crippen LogP contribution in [0.25, 0.3) is 0 Å². The molecule has 0 aromatic carbocycles. The van der Waals surface area contributed by atoms with Crippen LogP contribution in [0.2, 0.25) is 0 Å². The molecule has 0 radical (unpaired) electrons. The third kappa shape index (κ3) is 4.09. The number of hydrogen-bond donors (Lipinski definition) is 2. The number of carboxylic acid groups (broad SMARTS) is 1. The molecule has 1 saturated heterocycles. The summed E-state index contributed by atoms with van der Waals surface area (Å²) in [5, 5.41) is 23.3. The number of ketones is 1. The maximum Gasteiger partial charge on any atom is 0.326 e. The zero-order valence-corrected chi connectivity index (χ0v) is 21.7. The Balaban J connectivity index is 1.24. The summed E-state index contributed by atoms with van der Waals surface area (Å²) in [4.78, 5) is 42.8. The van der Waals surface area contributed by atoms with Crippen molar-refractivity contribution in [3.63, 3.8) is 0 Å². The molecule has 1 amide bonds. The summed E-state index contributed by atoms with van der Waals surface area (Å²) in [5.74, 6) is 0.982. The van der Waals surface area contributed by atoms with Crippen molar-refractivity contribution in [2.24, 2.45) is 39.7 Å². The zero-order chi connectivity index (χ0) is 25.8. The highest BCUT2D eigenvalue weighted by Gasteiger charge is 2.59. The molecule has 5 aliphatic rings. The number of oxime groups is 1. The molecular formula is C28H40N2O6. The van der Waals surface area contributed by atoms with Crippen molar-refractivity contribution in [1.29, 1.82) is 0 Å². The summed E-state index contributed by atoms with van der Waals surface area (Å²) in [6.45, 7) is 6.26. The third-order valence-corrected chi connectivity index (χ3v) is 10.7. The van der Waals surface area contributed by atoms with E-state index in [0.717, 1.165) is 44.2 Å². The molecule has 0 unspecified atom stereocenters. The molecule has 1 heterocycles. The Labute approximate surface area is 213 Å². The first-order chi connectivity index (χ1) is 17.0. The van der Waals surface area contributed by atoms with Gasteiger partial charge in [0, 0.05) is 18.9 Å². The smallest absolute Gasteiger partial charge is 0.326 e. The number of hydrogen-bond acceptors (Lipinski definition) is 6. The normalized spacial score (nSPS) is 42.8. The molecular weight excluding hydrogens is 460 g/mol. The number of likely N-dealkylation sites (tertiary alicyclic amines) is 1. The Morgan fingerprint density at radius 1 is 1.11 bits per heavy atom. The SMILES string of the molecule is CC(=O)[C@@H]1CC[C@@H]2[C@@H]3CCC4=C/C(=N\OCC(=O)N5C[C@H](O)C[C@@H]5C(=O)O)CC[C@]4(C)[C@H]3CC[C@@]21C. The molecule has 0 bridgehead atoms. The van der Waals surface area contributed by atoms with Crippen molar-refractivity contribution in [2.75, 3.05) is 13.2 Å². The van der Waals surface area contributed by atoms with E-state index in [2.05, 4.69) is 25.1 Å². The lowest BCUT2D eigenvalue weighted by molar-refractivity contribution is -0.150. The van der Waals surface area contributed by atoms with Gasteiger partial charge in [0.25, 0.3) is 5.91 Å². The molecule has 198 valence electrons. The summed E-state index contributed by atoms with van der Waals surface area (Å²) in [5.41, 5.74) is 2.58. The lowest BCUT2D eigenvalue weighted by Crippen LogP contribution is -2.51. The second-order valence-electron chi connectivity index (χ2n) is 12.4. The topological polar surface area (TPSA) is 117 Å². The Morgan fingerprint density at radius 2 is 1.89 bits per heavy atom. The summed E-state index contributed by atoms with van der Waals surface area (Å²) < 4.78 is 0. The Kier molecular flexibility index (Phi) is 6.54. The summed E-state index contributed by atoms with van der Waals surface area (Å²) in [6.07, 6.45) is 9.94. The van der Waals surface area contributed by atoms with Crippen LogP contribution >= 0.6 is 0 Å². The molecule has 0 aromatic rings. The number of carbonyl (C=O) groups is 3. The molecule has 5 rings (SSSR count). The van der Waals surface area contributed by atoms with E-state index in [1.165, 1.54) is 23.3 Å². The number of aliphatic hydroxyl groups is 1.